The molecule has 0 N–H and O–H groups in total. The Hall–Kier alpha value is -2.05. The Labute approximate surface area is 144 Å². The lowest BCUT2D eigenvalue weighted by Crippen LogP contribution is -2.33. The zero-order chi connectivity index (χ0) is 18.7. The number of hydrogen-bond acceptors (Lipinski definition) is 5. The highest BCUT2D eigenvalue weighted by molar-refractivity contribution is 7.88. The van der Waals surface area contributed by atoms with E-state index in [-0.39, 0.29) is 11.5 Å². The molecule has 1 aliphatic heterocycles. The first-order chi connectivity index (χ1) is 11.7. The minimum absolute atomic E-state index is 0.0483. The predicted octanol–water partition coefficient (Wildman–Crippen LogP) is 3.15. The topological polar surface area (TPSA) is 70.4 Å². The Bertz CT molecular complexity index is 777. The number of piperidine rings is 1. The fourth-order valence-corrected chi connectivity index (χ4v) is 3.32. The average Bonchev–Trinajstić information content (AvgIpc) is 2.54. The molecular weight excluding hydrogens is 357 g/mol. The fraction of sp³-hybridized carbons (Fsp3) is 0.438. The highest BCUT2D eigenvalue weighted by atomic mass is 32.2. The number of hydrogen-bond donors (Lipinski definition) is 0. The van der Waals surface area contributed by atoms with Crippen LogP contribution in [0.3, 0.4) is 0 Å². The van der Waals surface area contributed by atoms with Crippen molar-refractivity contribution in [1.29, 1.82) is 5.26 Å². The van der Waals surface area contributed by atoms with E-state index in [2.05, 4.69) is 15.7 Å². The lowest BCUT2D eigenvalue weighted by Gasteiger charge is -2.31. The van der Waals surface area contributed by atoms with Crippen molar-refractivity contribution < 1.29 is 25.8 Å². The summed E-state index contributed by atoms with van der Waals surface area (Å²) < 4.78 is 64.2. The number of benzene rings is 1. The van der Waals surface area contributed by atoms with Crippen LogP contribution in [0.25, 0.3) is 0 Å². The molecule has 5 nitrogen and oxygen atoms in total. The van der Waals surface area contributed by atoms with E-state index >= 15 is 0 Å². The van der Waals surface area contributed by atoms with Gasteiger partial charge >= 0.3 is 15.6 Å². The molecule has 136 valence electrons. The van der Waals surface area contributed by atoms with Crippen LogP contribution >= 0.6 is 0 Å². The summed E-state index contributed by atoms with van der Waals surface area (Å²) in [5, 5.41) is 9.34. The van der Waals surface area contributed by atoms with Crippen LogP contribution < -0.4 is 4.18 Å². The van der Waals surface area contributed by atoms with E-state index in [4.69, 9.17) is 0 Å². The minimum atomic E-state index is -5.82. The van der Waals surface area contributed by atoms with Gasteiger partial charge in [-0.2, -0.15) is 26.9 Å². The second-order valence-corrected chi connectivity index (χ2v) is 7.22. The summed E-state index contributed by atoms with van der Waals surface area (Å²) in [6.45, 7) is 5.93. The van der Waals surface area contributed by atoms with Gasteiger partial charge in [-0.3, -0.25) is 4.90 Å². The van der Waals surface area contributed by atoms with Crippen LogP contribution in [0.15, 0.2) is 30.9 Å². The van der Waals surface area contributed by atoms with Crippen LogP contribution in [0.4, 0.5) is 13.2 Å². The van der Waals surface area contributed by atoms with Gasteiger partial charge in [0.2, 0.25) is 0 Å². The van der Waals surface area contributed by atoms with Gasteiger partial charge < -0.3 is 4.18 Å². The molecule has 2 rings (SSSR count). The third-order valence-corrected chi connectivity index (χ3v) is 5.03. The standard InChI is InChI=1S/C16H17F3N2O3S/c1-2-8-21-9-6-12(7-10-21)13-4-3-5-15(14(13)11-20)24-25(22,23)16(17,18)19/h2-5,12H,1,6-10H2. The van der Waals surface area contributed by atoms with Crippen molar-refractivity contribution in [3.63, 3.8) is 0 Å². The monoisotopic (exact) mass is 374 g/mol. The average molecular weight is 374 g/mol. The maximum atomic E-state index is 12.5. The summed E-state index contributed by atoms with van der Waals surface area (Å²) in [4.78, 5) is 2.17. The summed E-state index contributed by atoms with van der Waals surface area (Å²) in [7, 11) is -5.82. The second-order valence-electron chi connectivity index (χ2n) is 5.68. The van der Waals surface area contributed by atoms with E-state index in [1.54, 1.807) is 18.2 Å². The van der Waals surface area contributed by atoms with E-state index in [1.165, 1.54) is 6.07 Å². The normalized spacial score (nSPS) is 17.0. The molecule has 0 amide bonds. The van der Waals surface area contributed by atoms with E-state index in [0.717, 1.165) is 25.7 Å². The first-order valence-corrected chi connectivity index (χ1v) is 8.97. The SMILES string of the molecule is C=CCN1CCC(c2cccc(OS(=O)(=O)C(F)(F)F)c2C#N)CC1. The molecule has 0 aliphatic carbocycles. The summed E-state index contributed by atoms with van der Waals surface area (Å²) in [5.41, 5.74) is -5.21. The summed E-state index contributed by atoms with van der Waals surface area (Å²) >= 11 is 0. The highest BCUT2D eigenvalue weighted by Gasteiger charge is 2.49. The van der Waals surface area contributed by atoms with Crippen molar-refractivity contribution in [3.8, 4) is 11.8 Å². The highest BCUT2D eigenvalue weighted by Crippen LogP contribution is 2.36. The zero-order valence-corrected chi connectivity index (χ0v) is 14.1. The predicted molar refractivity (Wildman–Crippen MR) is 85.4 cm³/mol. The molecule has 1 fully saturated rings. The molecule has 25 heavy (non-hydrogen) atoms. The first kappa shape index (κ1) is 19.3. The van der Waals surface area contributed by atoms with Crippen molar-refractivity contribution >= 4 is 10.1 Å². The molecule has 1 aliphatic rings. The molecule has 1 heterocycles. The second kappa shape index (κ2) is 7.45. The van der Waals surface area contributed by atoms with Gasteiger partial charge in [-0.15, -0.1) is 6.58 Å². The number of halogens is 3. The fourth-order valence-electron chi connectivity index (χ4n) is 2.85. The summed E-state index contributed by atoms with van der Waals surface area (Å²) in [5.74, 6) is -0.640. The van der Waals surface area contributed by atoms with Crippen molar-refractivity contribution in [1.82, 2.24) is 4.90 Å². The van der Waals surface area contributed by atoms with Crippen LogP contribution in [0, 0.1) is 11.3 Å². The number of nitrogens with zero attached hydrogens (tertiary/aromatic N) is 2. The minimum Gasteiger partial charge on any atom is -0.375 e. The van der Waals surface area contributed by atoms with Crippen LogP contribution in [0.2, 0.25) is 0 Å². The summed E-state index contributed by atoms with van der Waals surface area (Å²) in [6.07, 6.45) is 3.20. The Kier molecular flexibility index (Phi) is 5.75. The number of nitriles is 1. The molecule has 0 spiro atoms. The van der Waals surface area contributed by atoms with E-state index in [9.17, 15) is 26.9 Å². The Morgan fingerprint density at radius 2 is 2.00 bits per heavy atom. The van der Waals surface area contributed by atoms with Crippen LogP contribution in [-0.4, -0.2) is 38.5 Å². The molecule has 0 atom stereocenters. The molecule has 0 radical (unpaired) electrons. The van der Waals surface area contributed by atoms with Gasteiger partial charge in [-0.25, -0.2) is 0 Å². The van der Waals surface area contributed by atoms with Gasteiger partial charge in [0.15, 0.2) is 5.75 Å². The Morgan fingerprint density at radius 1 is 1.36 bits per heavy atom. The maximum absolute atomic E-state index is 12.5. The molecule has 0 unspecified atom stereocenters. The lowest BCUT2D eigenvalue weighted by atomic mass is 9.86. The molecular formula is C16H17F3N2O3S. The number of likely N-dealkylation sites (tertiary alicyclic amines) is 1. The molecule has 0 saturated carbocycles. The number of alkyl halides is 3. The molecule has 1 saturated heterocycles. The summed E-state index contributed by atoms with van der Waals surface area (Å²) in [6, 6.07) is 5.86. The molecule has 1 aromatic carbocycles. The van der Waals surface area contributed by atoms with Gasteiger partial charge in [0.1, 0.15) is 6.07 Å². The third kappa shape index (κ3) is 4.32. The van der Waals surface area contributed by atoms with Gasteiger partial charge in [0, 0.05) is 6.54 Å². The molecule has 1 aromatic rings. The third-order valence-electron chi connectivity index (χ3n) is 4.07. The Balaban J connectivity index is 2.28. The lowest BCUT2D eigenvalue weighted by molar-refractivity contribution is -0.0500. The smallest absolute Gasteiger partial charge is 0.375 e. The van der Waals surface area contributed by atoms with Crippen molar-refractivity contribution in [2.45, 2.75) is 24.3 Å². The largest absolute Gasteiger partial charge is 0.534 e. The van der Waals surface area contributed by atoms with Gasteiger partial charge in [-0.05, 0) is 43.5 Å². The van der Waals surface area contributed by atoms with E-state index < -0.39 is 21.4 Å². The van der Waals surface area contributed by atoms with Crippen LogP contribution in [0.1, 0.15) is 29.9 Å². The van der Waals surface area contributed by atoms with Crippen molar-refractivity contribution in [3.05, 3.63) is 42.0 Å². The van der Waals surface area contributed by atoms with Crippen LogP contribution in [0.5, 0.6) is 5.75 Å². The molecule has 0 aromatic heterocycles. The zero-order valence-electron chi connectivity index (χ0n) is 13.3. The number of rotatable bonds is 5. The molecule has 0 bridgehead atoms. The van der Waals surface area contributed by atoms with Gasteiger partial charge in [0.05, 0.1) is 5.56 Å². The van der Waals surface area contributed by atoms with E-state index in [0.29, 0.717) is 18.4 Å². The Morgan fingerprint density at radius 3 is 2.52 bits per heavy atom. The van der Waals surface area contributed by atoms with Crippen molar-refractivity contribution in [2.24, 2.45) is 0 Å². The first-order valence-electron chi connectivity index (χ1n) is 7.56. The van der Waals surface area contributed by atoms with Gasteiger partial charge in [0.25, 0.3) is 0 Å². The van der Waals surface area contributed by atoms with Crippen LogP contribution in [-0.2, 0) is 10.1 Å². The van der Waals surface area contributed by atoms with Gasteiger partial charge in [-0.1, -0.05) is 18.2 Å². The quantitative estimate of drug-likeness (QED) is 0.450. The van der Waals surface area contributed by atoms with E-state index in [1.807, 2.05) is 0 Å². The maximum Gasteiger partial charge on any atom is 0.534 e. The molecule has 9 heteroatoms. The van der Waals surface area contributed by atoms with Crippen molar-refractivity contribution in [2.75, 3.05) is 19.6 Å².